The second-order valence-electron chi connectivity index (χ2n) is 4.62. The van der Waals surface area contributed by atoms with Gasteiger partial charge in [-0.2, -0.15) is 0 Å². The van der Waals surface area contributed by atoms with Gasteiger partial charge < -0.3 is 4.74 Å². The van der Waals surface area contributed by atoms with Crippen molar-refractivity contribution in [1.29, 1.82) is 0 Å². The molecule has 0 saturated carbocycles. The van der Waals surface area contributed by atoms with Crippen LogP contribution in [-0.4, -0.2) is 30.0 Å². The second kappa shape index (κ2) is 5.20. The smallest absolute Gasteiger partial charge is 0.311 e. The highest BCUT2D eigenvalue weighted by Crippen LogP contribution is 2.32. The number of esters is 1. The zero-order chi connectivity index (χ0) is 14.1. The standard InChI is InChI=1S/C14H14N2O3S/c1-2-19-13(18)9-7-12(17)16(8-9)14-15-10-5-3-4-6-11(10)20-14/h3-6,9H,2,7-8H2,1H3. The Morgan fingerprint density at radius 1 is 1.50 bits per heavy atom. The molecule has 2 aromatic rings. The predicted molar refractivity (Wildman–Crippen MR) is 76.7 cm³/mol. The molecule has 0 N–H and O–H groups in total. The van der Waals surface area contributed by atoms with Crippen LogP contribution in [0.25, 0.3) is 10.2 Å². The Morgan fingerprint density at radius 3 is 3.05 bits per heavy atom. The largest absolute Gasteiger partial charge is 0.466 e. The minimum absolute atomic E-state index is 0.0675. The molecule has 1 unspecified atom stereocenters. The average molecular weight is 290 g/mol. The van der Waals surface area contributed by atoms with Crippen LogP contribution in [0.15, 0.2) is 24.3 Å². The molecule has 1 fully saturated rings. The quantitative estimate of drug-likeness (QED) is 0.813. The first kappa shape index (κ1) is 13.1. The number of thiazole rings is 1. The monoisotopic (exact) mass is 290 g/mol. The predicted octanol–water partition coefficient (Wildman–Crippen LogP) is 2.21. The van der Waals surface area contributed by atoms with Gasteiger partial charge in [0.05, 0.1) is 22.7 Å². The van der Waals surface area contributed by atoms with Gasteiger partial charge in [-0.25, -0.2) is 4.98 Å². The lowest BCUT2D eigenvalue weighted by Gasteiger charge is -2.12. The van der Waals surface area contributed by atoms with Gasteiger partial charge in [-0.15, -0.1) is 0 Å². The van der Waals surface area contributed by atoms with Crippen LogP contribution in [-0.2, 0) is 14.3 Å². The Kier molecular flexibility index (Phi) is 3.40. The third-order valence-corrected chi connectivity index (χ3v) is 4.32. The van der Waals surface area contributed by atoms with Crippen molar-refractivity contribution in [2.75, 3.05) is 18.1 Å². The van der Waals surface area contributed by atoms with Crippen LogP contribution in [0.4, 0.5) is 5.13 Å². The summed E-state index contributed by atoms with van der Waals surface area (Å²) < 4.78 is 6.02. The van der Waals surface area contributed by atoms with E-state index < -0.39 is 0 Å². The van der Waals surface area contributed by atoms with E-state index in [0.29, 0.717) is 18.3 Å². The lowest BCUT2D eigenvalue weighted by molar-refractivity contribution is -0.147. The number of fused-ring (bicyclic) bond motifs is 1. The van der Waals surface area contributed by atoms with Crippen molar-refractivity contribution >= 4 is 38.6 Å². The summed E-state index contributed by atoms with van der Waals surface area (Å²) in [5.74, 6) is -0.749. The van der Waals surface area contributed by atoms with Gasteiger partial charge in [0.25, 0.3) is 0 Å². The first-order valence-corrected chi connectivity index (χ1v) is 7.33. The fourth-order valence-electron chi connectivity index (χ4n) is 2.29. The molecule has 1 saturated heterocycles. The van der Waals surface area contributed by atoms with Gasteiger partial charge in [-0.1, -0.05) is 23.5 Å². The Balaban J connectivity index is 1.83. The molecular formula is C14H14N2O3S. The molecule has 20 heavy (non-hydrogen) atoms. The van der Waals surface area contributed by atoms with Gasteiger partial charge in [0.1, 0.15) is 0 Å². The van der Waals surface area contributed by atoms with E-state index >= 15 is 0 Å². The van der Waals surface area contributed by atoms with Crippen LogP contribution in [0.3, 0.4) is 0 Å². The lowest BCUT2D eigenvalue weighted by atomic mass is 10.1. The minimum atomic E-state index is -0.380. The summed E-state index contributed by atoms with van der Waals surface area (Å²) in [7, 11) is 0. The van der Waals surface area contributed by atoms with Gasteiger partial charge in [0, 0.05) is 13.0 Å². The zero-order valence-electron chi connectivity index (χ0n) is 11.0. The number of carbonyl (C=O) groups is 2. The van der Waals surface area contributed by atoms with Crippen LogP contribution in [0.5, 0.6) is 0 Å². The van der Waals surface area contributed by atoms with Crippen LogP contribution in [0, 0.1) is 5.92 Å². The van der Waals surface area contributed by atoms with E-state index in [1.165, 1.54) is 11.3 Å². The van der Waals surface area contributed by atoms with Crippen molar-refractivity contribution in [3.63, 3.8) is 0 Å². The first-order chi connectivity index (χ1) is 9.69. The van der Waals surface area contributed by atoms with Gasteiger partial charge >= 0.3 is 5.97 Å². The minimum Gasteiger partial charge on any atom is -0.466 e. The number of ether oxygens (including phenoxy) is 1. The molecule has 1 amide bonds. The number of amides is 1. The number of para-hydroxylation sites is 1. The number of hydrogen-bond acceptors (Lipinski definition) is 5. The van der Waals surface area contributed by atoms with E-state index in [-0.39, 0.29) is 24.2 Å². The number of carbonyl (C=O) groups excluding carboxylic acids is 2. The SMILES string of the molecule is CCOC(=O)C1CC(=O)N(c2nc3ccccc3s2)C1. The molecule has 5 nitrogen and oxygen atoms in total. The van der Waals surface area contributed by atoms with Gasteiger partial charge in [-0.05, 0) is 19.1 Å². The van der Waals surface area contributed by atoms with Crippen molar-refractivity contribution in [1.82, 2.24) is 4.98 Å². The number of aromatic nitrogens is 1. The number of rotatable bonds is 3. The summed E-state index contributed by atoms with van der Waals surface area (Å²) in [6.45, 7) is 2.46. The molecule has 0 aliphatic carbocycles. The van der Waals surface area contributed by atoms with E-state index in [9.17, 15) is 9.59 Å². The highest BCUT2D eigenvalue weighted by Gasteiger charge is 2.37. The number of hydrogen-bond donors (Lipinski definition) is 0. The molecule has 0 bridgehead atoms. The molecule has 6 heteroatoms. The number of nitrogens with zero attached hydrogens (tertiary/aromatic N) is 2. The van der Waals surface area contributed by atoms with Gasteiger partial charge in [0.15, 0.2) is 5.13 Å². The topological polar surface area (TPSA) is 59.5 Å². The van der Waals surface area contributed by atoms with E-state index in [1.54, 1.807) is 11.8 Å². The van der Waals surface area contributed by atoms with E-state index in [0.717, 1.165) is 10.2 Å². The summed E-state index contributed by atoms with van der Waals surface area (Å²) in [6, 6.07) is 7.75. The second-order valence-corrected chi connectivity index (χ2v) is 5.63. The molecule has 1 aliphatic heterocycles. The molecule has 1 aromatic heterocycles. The molecule has 3 rings (SSSR count). The van der Waals surface area contributed by atoms with Crippen molar-refractivity contribution < 1.29 is 14.3 Å². The van der Waals surface area contributed by atoms with E-state index in [4.69, 9.17) is 4.74 Å². The molecule has 2 heterocycles. The molecule has 104 valence electrons. The molecule has 0 spiro atoms. The van der Waals surface area contributed by atoms with Crippen molar-refractivity contribution in [3.05, 3.63) is 24.3 Å². The van der Waals surface area contributed by atoms with Gasteiger partial charge in [-0.3, -0.25) is 14.5 Å². The third-order valence-electron chi connectivity index (χ3n) is 3.26. The maximum atomic E-state index is 12.1. The molecule has 1 atom stereocenters. The van der Waals surface area contributed by atoms with Crippen molar-refractivity contribution in [2.24, 2.45) is 5.92 Å². The first-order valence-electron chi connectivity index (χ1n) is 6.51. The molecule has 1 aromatic carbocycles. The maximum Gasteiger partial charge on any atom is 0.311 e. The Labute approximate surface area is 120 Å². The zero-order valence-corrected chi connectivity index (χ0v) is 11.9. The van der Waals surface area contributed by atoms with E-state index in [1.807, 2.05) is 24.3 Å². The van der Waals surface area contributed by atoms with Crippen LogP contribution >= 0.6 is 11.3 Å². The highest BCUT2D eigenvalue weighted by molar-refractivity contribution is 7.22. The fourth-order valence-corrected chi connectivity index (χ4v) is 3.28. The Bertz CT molecular complexity index is 634. The fraction of sp³-hybridized carbons (Fsp3) is 0.357. The Hall–Kier alpha value is -1.95. The van der Waals surface area contributed by atoms with Gasteiger partial charge in [0.2, 0.25) is 5.91 Å². The number of benzene rings is 1. The lowest BCUT2D eigenvalue weighted by Crippen LogP contribution is -2.26. The molecule has 1 aliphatic rings. The van der Waals surface area contributed by atoms with Crippen molar-refractivity contribution in [3.8, 4) is 0 Å². The Morgan fingerprint density at radius 2 is 2.30 bits per heavy atom. The van der Waals surface area contributed by atoms with Crippen LogP contribution < -0.4 is 4.90 Å². The molecular weight excluding hydrogens is 276 g/mol. The highest BCUT2D eigenvalue weighted by atomic mass is 32.1. The summed E-state index contributed by atoms with van der Waals surface area (Å²) in [5.41, 5.74) is 0.875. The molecule has 0 radical (unpaired) electrons. The van der Waals surface area contributed by atoms with Crippen LogP contribution in [0.2, 0.25) is 0 Å². The van der Waals surface area contributed by atoms with Crippen LogP contribution in [0.1, 0.15) is 13.3 Å². The van der Waals surface area contributed by atoms with Crippen molar-refractivity contribution in [2.45, 2.75) is 13.3 Å². The average Bonchev–Trinajstić information content (AvgIpc) is 3.01. The normalized spacial score (nSPS) is 18.8. The van der Waals surface area contributed by atoms with E-state index in [2.05, 4.69) is 4.98 Å². The summed E-state index contributed by atoms with van der Waals surface area (Å²) in [6.07, 6.45) is 0.203. The third kappa shape index (κ3) is 2.27. The number of anilines is 1. The summed E-state index contributed by atoms with van der Waals surface area (Å²) in [5, 5.41) is 0.656. The summed E-state index contributed by atoms with van der Waals surface area (Å²) >= 11 is 1.47. The maximum absolute atomic E-state index is 12.1. The summed E-state index contributed by atoms with van der Waals surface area (Å²) in [4.78, 5) is 29.8.